The van der Waals surface area contributed by atoms with Gasteiger partial charge in [-0.2, -0.15) is 0 Å². The largest absolute Gasteiger partial charge is 0.376 e. The fourth-order valence-corrected chi connectivity index (χ4v) is 4.38. The number of nitrogens with zero attached hydrogens (tertiary/aromatic N) is 1. The first kappa shape index (κ1) is 23.4. The van der Waals surface area contributed by atoms with Gasteiger partial charge in [0, 0.05) is 48.3 Å². The Bertz CT molecular complexity index is 968. The highest BCUT2D eigenvalue weighted by molar-refractivity contribution is 6.30. The first-order valence-corrected chi connectivity index (χ1v) is 12.0. The summed E-state index contributed by atoms with van der Waals surface area (Å²) in [6.45, 7) is 5.33. The number of halogens is 1. The van der Waals surface area contributed by atoms with Gasteiger partial charge in [-0.3, -0.25) is 4.79 Å². The SMILES string of the molecule is CC1CCN(c2ccc(NC(=O)Nc3ccc(Cl)cc3)cc2C(=O)NCC2CCCO2)CC1. The van der Waals surface area contributed by atoms with Crippen LogP contribution in [-0.4, -0.2) is 44.3 Å². The number of rotatable bonds is 6. The molecule has 0 bridgehead atoms. The van der Waals surface area contributed by atoms with Crippen molar-refractivity contribution in [1.82, 2.24) is 5.32 Å². The number of carbonyl (C=O) groups excluding carboxylic acids is 2. The lowest BCUT2D eigenvalue weighted by Crippen LogP contribution is -2.36. The van der Waals surface area contributed by atoms with Crippen molar-refractivity contribution in [2.75, 3.05) is 41.8 Å². The molecule has 0 aliphatic carbocycles. The zero-order valence-corrected chi connectivity index (χ0v) is 19.7. The minimum absolute atomic E-state index is 0.0692. The predicted molar refractivity (Wildman–Crippen MR) is 132 cm³/mol. The molecule has 176 valence electrons. The van der Waals surface area contributed by atoms with Gasteiger partial charge in [0.25, 0.3) is 5.91 Å². The van der Waals surface area contributed by atoms with Crippen LogP contribution in [0.4, 0.5) is 21.9 Å². The van der Waals surface area contributed by atoms with E-state index in [9.17, 15) is 9.59 Å². The van der Waals surface area contributed by atoms with E-state index >= 15 is 0 Å². The van der Waals surface area contributed by atoms with Crippen LogP contribution in [0.1, 0.15) is 43.0 Å². The molecule has 3 amide bonds. The Balaban J connectivity index is 1.48. The molecule has 2 aliphatic rings. The van der Waals surface area contributed by atoms with Crippen LogP contribution in [0.2, 0.25) is 5.02 Å². The van der Waals surface area contributed by atoms with E-state index in [1.165, 1.54) is 0 Å². The molecule has 2 aromatic carbocycles. The average Bonchev–Trinajstić information content (AvgIpc) is 3.33. The molecule has 0 aromatic heterocycles. The number of ether oxygens (including phenoxy) is 1. The normalized spacial score (nSPS) is 18.7. The van der Waals surface area contributed by atoms with E-state index in [4.69, 9.17) is 16.3 Å². The summed E-state index contributed by atoms with van der Waals surface area (Å²) < 4.78 is 5.64. The molecule has 2 fully saturated rings. The third-order valence-electron chi connectivity index (χ3n) is 6.24. The molecule has 0 radical (unpaired) electrons. The zero-order valence-electron chi connectivity index (χ0n) is 18.9. The van der Waals surface area contributed by atoms with Gasteiger partial charge in [-0.05, 0) is 74.1 Å². The van der Waals surface area contributed by atoms with E-state index < -0.39 is 0 Å². The Morgan fingerprint density at radius 3 is 2.42 bits per heavy atom. The van der Waals surface area contributed by atoms with Crippen LogP contribution in [0.15, 0.2) is 42.5 Å². The summed E-state index contributed by atoms with van der Waals surface area (Å²) in [5.74, 6) is 0.538. The molecule has 2 aromatic rings. The van der Waals surface area contributed by atoms with Gasteiger partial charge < -0.3 is 25.6 Å². The number of piperidine rings is 1. The minimum Gasteiger partial charge on any atom is -0.376 e. The van der Waals surface area contributed by atoms with Gasteiger partial charge in [-0.1, -0.05) is 18.5 Å². The maximum atomic E-state index is 13.2. The molecule has 4 rings (SSSR count). The van der Waals surface area contributed by atoms with Crippen molar-refractivity contribution < 1.29 is 14.3 Å². The average molecular weight is 471 g/mol. The van der Waals surface area contributed by atoms with Crippen molar-refractivity contribution in [3.63, 3.8) is 0 Å². The molecule has 1 atom stereocenters. The van der Waals surface area contributed by atoms with Crippen molar-refractivity contribution in [1.29, 1.82) is 0 Å². The third kappa shape index (κ3) is 6.39. The van der Waals surface area contributed by atoms with Crippen molar-refractivity contribution >= 4 is 40.6 Å². The zero-order chi connectivity index (χ0) is 23.2. The first-order valence-electron chi connectivity index (χ1n) is 11.6. The number of nitrogens with one attached hydrogen (secondary N) is 3. The molecule has 2 aliphatic heterocycles. The molecule has 33 heavy (non-hydrogen) atoms. The molecule has 2 saturated heterocycles. The molecule has 8 heteroatoms. The van der Waals surface area contributed by atoms with Gasteiger partial charge in [0.1, 0.15) is 0 Å². The fourth-order valence-electron chi connectivity index (χ4n) is 4.25. The van der Waals surface area contributed by atoms with Crippen LogP contribution >= 0.6 is 11.6 Å². The number of carbonyl (C=O) groups is 2. The molecule has 7 nitrogen and oxygen atoms in total. The van der Waals surface area contributed by atoms with Gasteiger partial charge in [0.2, 0.25) is 0 Å². The molecule has 2 heterocycles. The lowest BCUT2D eigenvalue weighted by molar-refractivity contribution is 0.0858. The summed E-state index contributed by atoms with van der Waals surface area (Å²) in [6, 6.07) is 12.0. The lowest BCUT2D eigenvalue weighted by atomic mass is 9.97. The molecular formula is C25H31ClN4O3. The van der Waals surface area contributed by atoms with E-state index in [-0.39, 0.29) is 18.0 Å². The Morgan fingerprint density at radius 2 is 1.73 bits per heavy atom. The quantitative estimate of drug-likeness (QED) is 0.546. The molecular weight excluding hydrogens is 440 g/mol. The minimum atomic E-state index is -0.386. The van der Waals surface area contributed by atoms with Gasteiger partial charge in [0.05, 0.1) is 11.7 Å². The topological polar surface area (TPSA) is 82.7 Å². The van der Waals surface area contributed by atoms with Crippen LogP contribution in [0.25, 0.3) is 0 Å². The van der Waals surface area contributed by atoms with Crippen LogP contribution in [0.3, 0.4) is 0 Å². The van der Waals surface area contributed by atoms with Crippen LogP contribution < -0.4 is 20.9 Å². The highest BCUT2D eigenvalue weighted by atomic mass is 35.5. The van der Waals surface area contributed by atoms with Crippen molar-refractivity contribution in [3.05, 3.63) is 53.1 Å². The van der Waals surface area contributed by atoms with E-state index in [1.54, 1.807) is 30.3 Å². The highest BCUT2D eigenvalue weighted by Crippen LogP contribution is 2.29. The fraction of sp³-hybridized carbons (Fsp3) is 0.440. The molecule has 1 unspecified atom stereocenters. The maximum absolute atomic E-state index is 13.2. The van der Waals surface area contributed by atoms with Crippen LogP contribution in [-0.2, 0) is 4.74 Å². The second kappa shape index (κ2) is 10.9. The summed E-state index contributed by atoms with van der Waals surface area (Å²) in [5, 5.41) is 9.23. The van der Waals surface area contributed by atoms with Gasteiger partial charge in [-0.15, -0.1) is 0 Å². The smallest absolute Gasteiger partial charge is 0.323 e. The van der Waals surface area contributed by atoms with E-state index in [2.05, 4.69) is 27.8 Å². The van der Waals surface area contributed by atoms with Crippen LogP contribution in [0.5, 0.6) is 0 Å². The van der Waals surface area contributed by atoms with E-state index in [0.717, 1.165) is 51.1 Å². The number of urea groups is 1. The van der Waals surface area contributed by atoms with Crippen molar-refractivity contribution in [2.45, 2.75) is 38.7 Å². The van der Waals surface area contributed by atoms with E-state index in [0.29, 0.717) is 34.4 Å². The Kier molecular flexibility index (Phi) is 7.73. The molecule has 3 N–H and O–H groups in total. The number of hydrogen-bond donors (Lipinski definition) is 3. The summed E-state index contributed by atoms with van der Waals surface area (Å²) in [7, 11) is 0. The molecule has 0 saturated carbocycles. The Labute approximate surface area is 199 Å². The Hall–Kier alpha value is -2.77. The highest BCUT2D eigenvalue weighted by Gasteiger charge is 2.23. The summed E-state index contributed by atoms with van der Waals surface area (Å²) in [5.41, 5.74) is 2.64. The van der Waals surface area contributed by atoms with E-state index in [1.807, 2.05) is 12.1 Å². The first-order chi connectivity index (χ1) is 16.0. The summed E-state index contributed by atoms with van der Waals surface area (Å²) in [6.07, 6.45) is 4.25. The number of amides is 3. The second-order valence-corrected chi connectivity index (χ2v) is 9.27. The van der Waals surface area contributed by atoms with Gasteiger partial charge in [0.15, 0.2) is 0 Å². The Morgan fingerprint density at radius 1 is 1.03 bits per heavy atom. The summed E-state index contributed by atoms with van der Waals surface area (Å²) in [4.78, 5) is 27.9. The van der Waals surface area contributed by atoms with Crippen LogP contribution in [0, 0.1) is 5.92 Å². The van der Waals surface area contributed by atoms with Crippen molar-refractivity contribution in [3.8, 4) is 0 Å². The lowest BCUT2D eigenvalue weighted by Gasteiger charge is -2.33. The van der Waals surface area contributed by atoms with Gasteiger partial charge >= 0.3 is 6.03 Å². The third-order valence-corrected chi connectivity index (χ3v) is 6.49. The standard InChI is InChI=1S/C25H31ClN4O3/c1-17-10-12-30(13-11-17)23-9-8-20(29-25(32)28-19-6-4-18(26)5-7-19)15-22(23)24(31)27-16-21-3-2-14-33-21/h4-9,15,17,21H,2-3,10-14,16H2,1H3,(H,27,31)(H2,28,29,32). The maximum Gasteiger partial charge on any atom is 0.323 e. The summed E-state index contributed by atoms with van der Waals surface area (Å²) >= 11 is 5.90. The number of anilines is 3. The predicted octanol–water partition coefficient (Wildman–Crippen LogP) is 5.13. The monoisotopic (exact) mass is 470 g/mol. The second-order valence-electron chi connectivity index (χ2n) is 8.83. The van der Waals surface area contributed by atoms with Gasteiger partial charge in [-0.25, -0.2) is 4.79 Å². The number of benzene rings is 2. The van der Waals surface area contributed by atoms with Crippen molar-refractivity contribution in [2.24, 2.45) is 5.92 Å². The number of hydrogen-bond acceptors (Lipinski definition) is 4. The molecule has 0 spiro atoms.